The van der Waals surface area contributed by atoms with E-state index in [1.165, 1.54) is 19.2 Å². The molecule has 0 atom stereocenters. The van der Waals surface area contributed by atoms with Crippen molar-refractivity contribution in [2.75, 3.05) is 19.0 Å². The number of aryl methyl sites for hydroxylation is 1. The van der Waals surface area contributed by atoms with E-state index in [0.29, 0.717) is 11.3 Å². The molecule has 2 aromatic rings. The Morgan fingerprint density at radius 3 is 2.52 bits per heavy atom. The van der Waals surface area contributed by atoms with Crippen LogP contribution in [0, 0.1) is 6.92 Å². The van der Waals surface area contributed by atoms with Crippen LogP contribution in [0.1, 0.15) is 26.3 Å². The number of methoxy groups -OCH3 is 1. The molecule has 0 unspecified atom stereocenters. The number of carbonyl (C=O) groups is 3. The van der Waals surface area contributed by atoms with Crippen molar-refractivity contribution in [1.82, 2.24) is 0 Å². The number of ether oxygens (including phenoxy) is 2. The van der Waals surface area contributed by atoms with Crippen molar-refractivity contribution in [3.8, 4) is 5.75 Å². The Bertz CT molecular complexity index is 817. The number of para-hydroxylation sites is 1. The molecule has 0 aromatic heterocycles. The fourth-order valence-electron chi connectivity index (χ4n) is 2.13. The van der Waals surface area contributed by atoms with Gasteiger partial charge in [0.25, 0.3) is 11.8 Å². The average Bonchev–Trinajstić information content (AvgIpc) is 2.61. The summed E-state index contributed by atoms with van der Waals surface area (Å²) in [6, 6.07) is 11.2. The second-order valence-corrected chi connectivity index (χ2v) is 5.22. The average molecular weight is 342 g/mol. The molecule has 0 aliphatic carbocycles. The predicted octanol–water partition coefficient (Wildman–Crippen LogP) is 1.90. The lowest BCUT2D eigenvalue weighted by Gasteiger charge is -2.12. The number of hydrogen-bond acceptors (Lipinski definition) is 5. The molecule has 0 fully saturated rings. The van der Waals surface area contributed by atoms with E-state index in [2.05, 4.69) is 10.1 Å². The minimum Gasteiger partial charge on any atom is -0.483 e. The van der Waals surface area contributed by atoms with Crippen molar-refractivity contribution >= 4 is 23.5 Å². The summed E-state index contributed by atoms with van der Waals surface area (Å²) in [6.07, 6.45) is 0. The first-order chi connectivity index (χ1) is 11.9. The molecule has 0 aliphatic heterocycles. The lowest BCUT2D eigenvalue weighted by atomic mass is 10.1. The predicted molar refractivity (Wildman–Crippen MR) is 91.6 cm³/mol. The highest BCUT2D eigenvalue weighted by Gasteiger charge is 2.13. The molecule has 0 radical (unpaired) electrons. The molecule has 130 valence electrons. The molecule has 0 aliphatic rings. The van der Waals surface area contributed by atoms with Gasteiger partial charge in [-0.1, -0.05) is 18.2 Å². The molecule has 0 heterocycles. The quantitative estimate of drug-likeness (QED) is 0.780. The molecular formula is C18H18N2O5. The number of amides is 2. The van der Waals surface area contributed by atoms with Gasteiger partial charge in [0.1, 0.15) is 5.75 Å². The van der Waals surface area contributed by atoms with Crippen molar-refractivity contribution in [2.24, 2.45) is 5.73 Å². The fraction of sp³-hybridized carbons (Fsp3) is 0.167. The normalized spacial score (nSPS) is 10.0. The second kappa shape index (κ2) is 7.96. The Kier molecular flexibility index (Phi) is 5.73. The highest BCUT2D eigenvalue weighted by atomic mass is 16.5. The van der Waals surface area contributed by atoms with Gasteiger partial charge in [0.15, 0.2) is 6.61 Å². The lowest BCUT2D eigenvalue weighted by Crippen LogP contribution is -2.22. The van der Waals surface area contributed by atoms with Crippen molar-refractivity contribution < 1.29 is 23.9 Å². The van der Waals surface area contributed by atoms with E-state index in [4.69, 9.17) is 10.5 Å². The zero-order valence-corrected chi connectivity index (χ0v) is 13.9. The van der Waals surface area contributed by atoms with Crippen LogP contribution < -0.4 is 15.8 Å². The van der Waals surface area contributed by atoms with Gasteiger partial charge in [-0.05, 0) is 36.8 Å². The van der Waals surface area contributed by atoms with Crippen LogP contribution in [0.15, 0.2) is 42.5 Å². The summed E-state index contributed by atoms with van der Waals surface area (Å²) in [4.78, 5) is 35.0. The van der Waals surface area contributed by atoms with Crippen LogP contribution in [-0.4, -0.2) is 31.5 Å². The molecule has 25 heavy (non-hydrogen) atoms. The summed E-state index contributed by atoms with van der Waals surface area (Å²) >= 11 is 0. The van der Waals surface area contributed by atoms with Crippen molar-refractivity contribution in [1.29, 1.82) is 0 Å². The summed E-state index contributed by atoms with van der Waals surface area (Å²) in [5.74, 6) is -1.35. The first-order valence-corrected chi connectivity index (χ1v) is 7.43. The number of primary amides is 1. The third kappa shape index (κ3) is 4.57. The first-order valence-electron chi connectivity index (χ1n) is 7.43. The lowest BCUT2D eigenvalue weighted by molar-refractivity contribution is -0.118. The SMILES string of the molecule is COC(=O)c1ccc(C)c(NC(=O)COc2ccccc2C(N)=O)c1. The Morgan fingerprint density at radius 1 is 1.12 bits per heavy atom. The molecular weight excluding hydrogens is 324 g/mol. The maximum Gasteiger partial charge on any atom is 0.337 e. The molecule has 2 aromatic carbocycles. The van der Waals surface area contributed by atoms with E-state index >= 15 is 0 Å². The second-order valence-electron chi connectivity index (χ2n) is 5.22. The molecule has 3 N–H and O–H groups in total. The summed E-state index contributed by atoms with van der Waals surface area (Å²) in [7, 11) is 1.28. The fourth-order valence-corrected chi connectivity index (χ4v) is 2.13. The van der Waals surface area contributed by atoms with Crippen LogP contribution in [-0.2, 0) is 9.53 Å². The Balaban J connectivity index is 2.06. The van der Waals surface area contributed by atoms with Gasteiger partial charge in [-0.25, -0.2) is 4.79 Å². The largest absolute Gasteiger partial charge is 0.483 e. The van der Waals surface area contributed by atoms with E-state index in [0.717, 1.165) is 5.56 Å². The molecule has 0 spiro atoms. The van der Waals surface area contributed by atoms with Gasteiger partial charge in [-0.3, -0.25) is 9.59 Å². The number of esters is 1. The van der Waals surface area contributed by atoms with E-state index in [9.17, 15) is 14.4 Å². The van der Waals surface area contributed by atoms with E-state index in [1.807, 2.05) is 0 Å². The number of nitrogens with one attached hydrogen (secondary N) is 1. The Labute approximate surface area is 144 Å². The third-order valence-corrected chi connectivity index (χ3v) is 3.44. The maximum absolute atomic E-state index is 12.1. The Morgan fingerprint density at radius 2 is 1.84 bits per heavy atom. The summed E-state index contributed by atoms with van der Waals surface area (Å²) in [5.41, 5.74) is 7.02. The van der Waals surface area contributed by atoms with Crippen molar-refractivity contribution in [2.45, 2.75) is 6.92 Å². The zero-order valence-electron chi connectivity index (χ0n) is 13.9. The number of rotatable bonds is 6. The minimum atomic E-state index is -0.641. The molecule has 2 amide bonds. The number of nitrogens with two attached hydrogens (primary N) is 1. The van der Waals surface area contributed by atoms with Crippen LogP contribution in [0.3, 0.4) is 0 Å². The van der Waals surface area contributed by atoms with E-state index in [1.54, 1.807) is 37.3 Å². The molecule has 0 saturated heterocycles. The first kappa shape index (κ1) is 18.0. The summed E-state index contributed by atoms with van der Waals surface area (Å²) in [6.45, 7) is 1.48. The standard InChI is InChI=1S/C18H18N2O5/c1-11-7-8-12(18(23)24-2)9-14(11)20-16(21)10-25-15-6-4-3-5-13(15)17(19)22/h3-9H,10H2,1-2H3,(H2,19,22)(H,20,21). The molecule has 2 rings (SSSR count). The van der Waals surface area contributed by atoms with Crippen LogP contribution >= 0.6 is 0 Å². The van der Waals surface area contributed by atoms with Crippen molar-refractivity contribution in [3.05, 3.63) is 59.2 Å². The summed E-state index contributed by atoms with van der Waals surface area (Å²) < 4.78 is 10.0. The molecule has 7 heteroatoms. The maximum atomic E-state index is 12.1. The van der Waals surface area contributed by atoms with Crippen LogP contribution in [0.25, 0.3) is 0 Å². The van der Waals surface area contributed by atoms with Gasteiger partial charge < -0.3 is 20.5 Å². The molecule has 0 saturated carbocycles. The monoisotopic (exact) mass is 342 g/mol. The third-order valence-electron chi connectivity index (χ3n) is 3.44. The zero-order chi connectivity index (χ0) is 18.4. The smallest absolute Gasteiger partial charge is 0.337 e. The van der Waals surface area contributed by atoms with Crippen LogP contribution in [0.2, 0.25) is 0 Å². The Hall–Kier alpha value is -3.35. The van der Waals surface area contributed by atoms with Crippen LogP contribution in [0.5, 0.6) is 5.75 Å². The van der Waals surface area contributed by atoms with Gasteiger partial charge >= 0.3 is 5.97 Å². The highest BCUT2D eigenvalue weighted by molar-refractivity contribution is 5.97. The molecule has 0 bridgehead atoms. The van der Waals surface area contributed by atoms with Crippen LogP contribution in [0.4, 0.5) is 5.69 Å². The van der Waals surface area contributed by atoms with E-state index in [-0.39, 0.29) is 17.9 Å². The van der Waals surface area contributed by atoms with Crippen molar-refractivity contribution in [3.63, 3.8) is 0 Å². The number of hydrogen-bond donors (Lipinski definition) is 2. The number of carbonyl (C=O) groups excluding carboxylic acids is 3. The number of benzene rings is 2. The van der Waals surface area contributed by atoms with Gasteiger partial charge in [0.05, 0.1) is 18.2 Å². The highest BCUT2D eigenvalue weighted by Crippen LogP contribution is 2.19. The molecule has 7 nitrogen and oxygen atoms in total. The van der Waals surface area contributed by atoms with Gasteiger partial charge in [-0.15, -0.1) is 0 Å². The van der Waals surface area contributed by atoms with Gasteiger partial charge in [0, 0.05) is 5.69 Å². The van der Waals surface area contributed by atoms with E-state index < -0.39 is 17.8 Å². The van der Waals surface area contributed by atoms with Gasteiger partial charge in [-0.2, -0.15) is 0 Å². The van der Waals surface area contributed by atoms with Gasteiger partial charge in [0.2, 0.25) is 0 Å². The minimum absolute atomic E-state index is 0.194. The number of anilines is 1. The topological polar surface area (TPSA) is 108 Å². The summed E-state index contributed by atoms with van der Waals surface area (Å²) in [5, 5.41) is 2.66.